The molecule has 0 bridgehead atoms. The van der Waals surface area contributed by atoms with Crippen LogP contribution in [0.4, 0.5) is 8.78 Å². The molecule has 0 radical (unpaired) electrons. The topological polar surface area (TPSA) is 9.23 Å². The van der Waals surface area contributed by atoms with Crippen LogP contribution in [0.5, 0.6) is 0 Å². The van der Waals surface area contributed by atoms with Crippen LogP contribution in [0.15, 0.2) is 82.7 Å². The van der Waals surface area contributed by atoms with E-state index in [0.29, 0.717) is 0 Å². The lowest BCUT2D eigenvalue weighted by Gasteiger charge is -2.26. The lowest BCUT2D eigenvalue weighted by molar-refractivity contribution is -0.177. The minimum Gasteiger partial charge on any atom is -0.429 e. The molecule has 0 heterocycles. The number of ether oxygens (including phenoxy) is 1. The second-order valence-electron chi connectivity index (χ2n) is 9.46. The summed E-state index contributed by atoms with van der Waals surface area (Å²) in [4.78, 5) is 0. The van der Waals surface area contributed by atoms with Crippen LogP contribution in [-0.4, -0.2) is 6.11 Å². The Morgan fingerprint density at radius 3 is 2.28 bits per heavy atom. The highest BCUT2D eigenvalue weighted by Crippen LogP contribution is 2.39. The van der Waals surface area contributed by atoms with Crippen molar-refractivity contribution in [1.29, 1.82) is 0 Å². The molecule has 0 fully saturated rings. The minimum atomic E-state index is -3.40. The number of alkyl halides is 2. The normalized spacial score (nSPS) is 25.8. The molecule has 0 saturated heterocycles. The zero-order chi connectivity index (χ0) is 21.3. The number of hydrogen-bond donors (Lipinski definition) is 0. The molecule has 0 aromatic rings. The van der Waals surface area contributed by atoms with E-state index in [1.165, 1.54) is 11.6 Å². The average Bonchev–Trinajstić information content (AvgIpc) is 3.40. The first-order valence-electron chi connectivity index (χ1n) is 10.4. The van der Waals surface area contributed by atoms with Crippen molar-refractivity contribution in [1.82, 2.24) is 0 Å². The molecular formula is C26H32F2O. The molecule has 29 heavy (non-hydrogen) atoms. The molecule has 1 atom stereocenters. The van der Waals surface area contributed by atoms with E-state index in [4.69, 9.17) is 4.74 Å². The van der Waals surface area contributed by atoms with Crippen LogP contribution in [0, 0.1) is 10.8 Å². The fourth-order valence-corrected chi connectivity index (χ4v) is 4.11. The van der Waals surface area contributed by atoms with E-state index < -0.39 is 11.5 Å². The van der Waals surface area contributed by atoms with Crippen LogP contribution >= 0.6 is 0 Å². The Hall–Kier alpha value is -2.16. The first-order chi connectivity index (χ1) is 13.5. The van der Waals surface area contributed by atoms with Crippen molar-refractivity contribution in [3.63, 3.8) is 0 Å². The lowest BCUT2D eigenvalue weighted by Crippen LogP contribution is -2.24. The molecule has 0 saturated carbocycles. The van der Waals surface area contributed by atoms with Crippen LogP contribution < -0.4 is 0 Å². The zero-order valence-corrected chi connectivity index (χ0v) is 18.2. The molecule has 0 amide bonds. The SMILES string of the molecule is CC1=CC(C)(C)C=C(C(F)(F)OC2=CC(C)(CCCC3=CC3)C=C(C)C=C2)C=C1. The van der Waals surface area contributed by atoms with Gasteiger partial charge >= 0.3 is 6.11 Å². The Bertz CT molecular complexity index is 874. The molecule has 0 spiro atoms. The number of hydrogen-bond acceptors (Lipinski definition) is 1. The Labute approximate surface area is 173 Å². The first kappa shape index (κ1) is 21.5. The summed E-state index contributed by atoms with van der Waals surface area (Å²) in [5, 5.41) is 0. The van der Waals surface area contributed by atoms with Gasteiger partial charge in [-0.1, -0.05) is 73.9 Å². The van der Waals surface area contributed by atoms with Gasteiger partial charge in [-0.2, -0.15) is 8.78 Å². The van der Waals surface area contributed by atoms with Crippen molar-refractivity contribution < 1.29 is 13.5 Å². The molecule has 0 N–H and O–H groups in total. The number of allylic oxidation sites excluding steroid dienone is 11. The summed E-state index contributed by atoms with van der Waals surface area (Å²) in [7, 11) is 0. The zero-order valence-electron chi connectivity index (χ0n) is 18.2. The molecule has 1 unspecified atom stereocenters. The van der Waals surface area contributed by atoms with Gasteiger partial charge in [0.05, 0.1) is 5.57 Å². The van der Waals surface area contributed by atoms with E-state index in [0.717, 1.165) is 36.8 Å². The van der Waals surface area contributed by atoms with Gasteiger partial charge in [-0.15, -0.1) is 0 Å². The van der Waals surface area contributed by atoms with Crippen molar-refractivity contribution in [2.45, 2.75) is 66.4 Å². The third-order valence-corrected chi connectivity index (χ3v) is 5.48. The second kappa shape index (κ2) is 7.93. The molecule has 0 aromatic carbocycles. The van der Waals surface area contributed by atoms with E-state index in [1.807, 2.05) is 45.9 Å². The molecule has 0 aromatic heterocycles. The maximum Gasteiger partial charge on any atom is 0.426 e. The second-order valence-corrected chi connectivity index (χ2v) is 9.46. The van der Waals surface area contributed by atoms with Gasteiger partial charge in [-0.3, -0.25) is 0 Å². The van der Waals surface area contributed by atoms with Crippen LogP contribution in [0.1, 0.15) is 60.3 Å². The summed E-state index contributed by atoms with van der Waals surface area (Å²) >= 11 is 0. The van der Waals surface area contributed by atoms with Gasteiger partial charge in [-0.05, 0) is 57.8 Å². The third kappa shape index (κ3) is 6.16. The Kier molecular flexibility index (Phi) is 5.89. The largest absolute Gasteiger partial charge is 0.429 e. The maximum atomic E-state index is 15.1. The summed E-state index contributed by atoms with van der Waals surface area (Å²) in [6, 6.07) is 0. The first-order valence-corrected chi connectivity index (χ1v) is 10.4. The highest BCUT2D eigenvalue weighted by Gasteiger charge is 2.38. The molecule has 3 aliphatic rings. The highest BCUT2D eigenvalue weighted by molar-refractivity contribution is 5.39. The van der Waals surface area contributed by atoms with Crippen molar-refractivity contribution in [2.24, 2.45) is 10.8 Å². The van der Waals surface area contributed by atoms with Gasteiger partial charge in [-0.25, -0.2) is 0 Å². The fourth-order valence-electron chi connectivity index (χ4n) is 4.11. The van der Waals surface area contributed by atoms with E-state index in [-0.39, 0.29) is 16.7 Å². The van der Waals surface area contributed by atoms with Crippen molar-refractivity contribution >= 4 is 0 Å². The molecule has 156 valence electrons. The van der Waals surface area contributed by atoms with Gasteiger partial charge in [0.1, 0.15) is 5.76 Å². The summed E-state index contributed by atoms with van der Waals surface area (Å²) in [5.41, 5.74) is 2.65. The number of rotatable bonds is 7. The minimum absolute atomic E-state index is 0.110. The van der Waals surface area contributed by atoms with Crippen LogP contribution in [-0.2, 0) is 4.74 Å². The predicted molar refractivity (Wildman–Crippen MR) is 116 cm³/mol. The maximum absolute atomic E-state index is 15.1. The molecular weight excluding hydrogens is 366 g/mol. The smallest absolute Gasteiger partial charge is 0.426 e. The van der Waals surface area contributed by atoms with Crippen LogP contribution in [0.3, 0.4) is 0 Å². The molecule has 0 aliphatic heterocycles. The van der Waals surface area contributed by atoms with Gasteiger partial charge < -0.3 is 4.74 Å². The van der Waals surface area contributed by atoms with E-state index in [1.54, 1.807) is 18.2 Å². The standard InChI is InChI=1S/C26H32F2O/c1-19-8-12-22(17-24(3,4)15-19)26(27,28)29-23-13-9-20(2)16-25(5,18-23)14-6-7-21-10-11-21/h8-10,12-13,15-18H,6-7,11,14H2,1-5H3. The van der Waals surface area contributed by atoms with E-state index in [2.05, 4.69) is 19.1 Å². The molecule has 3 aliphatic carbocycles. The van der Waals surface area contributed by atoms with Crippen molar-refractivity contribution in [3.8, 4) is 0 Å². The lowest BCUT2D eigenvalue weighted by atomic mass is 9.83. The monoisotopic (exact) mass is 398 g/mol. The van der Waals surface area contributed by atoms with E-state index >= 15 is 8.78 Å². The summed E-state index contributed by atoms with van der Waals surface area (Å²) in [5.74, 6) is 0.220. The number of halogens is 2. The predicted octanol–water partition coefficient (Wildman–Crippen LogP) is 7.97. The van der Waals surface area contributed by atoms with Gasteiger partial charge in [0.25, 0.3) is 0 Å². The summed E-state index contributed by atoms with van der Waals surface area (Å²) in [6.07, 6.45) is 17.3. The van der Waals surface area contributed by atoms with Gasteiger partial charge in [0, 0.05) is 10.8 Å². The average molecular weight is 399 g/mol. The quantitative estimate of drug-likeness (QED) is 0.395. The Balaban J connectivity index is 1.80. The highest BCUT2D eigenvalue weighted by atomic mass is 19.3. The van der Waals surface area contributed by atoms with Crippen LogP contribution in [0.2, 0.25) is 0 Å². The molecule has 1 nitrogen and oxygen atoms in total. The third-order valence-electron chi connectivity index (χ3n) is 5.48. The van der Waals surface area contributed by atoms with E-state index in [9.17, 15) is 0 Å². The van der Waals surface area contributed by atoms with Crippen molar-refractivity contribution in [3.05, 3.63) is 82.7 Å². The summed E-state index contributed by atoms with van der Waals surface area (Å²) < 4.78 is 35.6. The molecule has 3 rings (SSSR count). The van der Waals surface area contributed by atoms with Gasteiger partial charge in [0.15, 0.2) is 0 Å². The van der Waals surface area contributed by atoms with Crippen molar-refractivity contribution in [2.75, 3.05) is 0 Å². The molecule has 3 heteroatoms. The fraction of sp³-hybridized carbons (Fsp3) is 0.462. The summed E-state index contributed by atoms with van der Waals surface area (Å²) in [6.45, 7) is 9.85. The Morgan fingerprint density at radius 1 is 0.931 bits per heavy atom. The Morgan fingerprint density at radius 2 is 1.59 bits per heavy atom. The van der Waals surface area contributed by atoms with Gasteiger partial charge in [0.2, 0.25) is 0 Å². The van der Waals surface area contributed by atoms with Crippen LogP contribution in [0.25, 0.3) is 0 Å².